The Labute approximate surface area is 168 Å². The zero-order valence-corrected chi connectivity index (χ0v) is 16.3. The van der Waals surface area contributed by atoms with Crippen LogP contribution in [0.25, 0.3) is 0 Å². The standard InChI is InChI=1S/C22H24N2O5/c1-12-8-17(18-11-27-15-4-2-3-5-16(15)28-18)29-22(26)19(12)21(25)24-9-13-6-7-14(10-24)20(13)23/h2-5,8,13-14,18,20H,6-7,9-11,23H2,1H3/t13-,14+,18?,20?. The molecule has 1 aromatic carbocycles. The Morgan fingerprint density at radius 2 is 1.83 bits per heavy atom. The fourth-order valence-corrected chi connectivity index (χ4v) is 4.80. The Kier molecular flexibility index (Phi) is 4.35. The number of aryl methyl sites for hydroxylation is 1. The number of benzene rings is 1. The number of carbonyl (C=O) groups excluding carboxylic acids is 1. The fourth-order valence-electron chi connectivity index (χ4n) is 4.80. The molecule has 1 saturated carbocycles. The second-order valence-electron chi connectivity index (χ2n) is 8.24. The number of carbonyl (C=O) groups is 1. The maximum Gasteiger partial charge on any atom is 0.349 e. The van der Waals surface area contributed by atoms with Gasteiger partial charge in [0.25, 0.3) is 5.91 Å². The van der Waals surface area contributed by atoms with Gasteiger partial charge in [0.05, 0.1) is 0 Å². The molecule has 5 rings (SSSR count). The van der Waals surface area contributed by atoms with E-state index >= 15 is 0 Å². The Hall–Kier alpha value is -2.80. The topological polar surface area (TPSA) is 95.0 Å². The lowest BCUT2D eigenvalue weighted by Crippen LogP contribution is -2.51. The number of hydrogen-bond acceptors (Lipinski definition) is 6. The summed E-state index contributed by atoms with van der Waals surface area (Å²) in [6, 6.07) is 9.22. The van der Waals surface area contributed by atoms with Gasteiger partial charge in [-0.25, -0.2) is 4.79 Å². The highest BCUT2D eigenvalue weighted by Crippen LogP contribution is 2.37. The van der Waals surface area contributed by atoms with Crippen LogP contribution in [0.4, 0.5) is 0 Å². The number of nitrogens with zero attached hydrogens (tertiary/aromatic N) is 1. The Bertz CT molecular complexity index is 1000. The Morgan fingerprint density at radius 1 is 1.14 bits per heavy atom. The highest BCUT2D eigenvalue weighted by molar-refractivity contribution is 5.95. The predicted octanol–water partition coefficient (Wildman–Crippen LogP) is 2.27. The molecule has 0 radical (unpaired) electrons. The van der Waals surface area contributed by atoms with Crippen LogP contribution in [-0.4, -0.2) is 36.5 Å². The van der Waals surface area contributed by atoms with Crippen LogP contribution in [0.2, 0.25) is 0 Å². The molecule has 4 atom stereocenters. The number of piperidine rings is 1. The molecule has 7 heteroatoms. The molecule has 152 valence electrons. The van der Waals surface area contributed by atoms with Gasteiger partial charge in [-0.3, -0.25) is 4.79 Å². The van der Waals surface area contributed by atoms with E-state index in [4.69, 9.17) is 19.6 Å². The molecular weight excluding hydrogens is 372 g/mol. The minimum Gasteiger partial charge on any atom is -0.485 e. The van der Waals surface area contributed by atoms with Crippen molar-refractivity contribution in [2.24, 2.45) is 17.6 Å². The first-order valence-electron chi connectivity index (χ1n) is 10.1. The molecule has 2 aromatic rings. The maximum atomic E-state index is 13.1. The number of hydrogen-bond donors (Lipinski definition) is 1. The van der Waals surface area contributed by atoms with Gasteiger partial charge < -0.3 is 24.5 Å². The van der Waals surface area contributed by atoms with Gasteiger partial charge in [-0.1, -0.05) is 12.1 Å². The van der Waals surface area contributed by atoms with Crippen LogP contribution in [0.5, 0.6) is 11.5 Å². The minimum atomic E-state index is -0.630. The van der Waals surface area contributed by atoms with Gasteiger partial charge in [-0.05, 0) is 55.4 Å². The number of amides is 1. The molecule has 1 aliphatic carbocycles. The van der Waals surface area contributed by atoms with E-state index in [1.54, 1.807) is 24.0 Å². The first kappa shape index (κ1) is 18.2. The number of fused-ring (bicyclic) bond motifs is 3. The van der Waals surface area contributed by atoms with E-state index < -0.39 is 11.7 Å². The molecule has 2 bridgehead atoms. The van der Waals surface area contributed by atoms with Crippen LogP contribution in [0.3, 0.4) is 0 Å². The molecule has 0 spiro atoms. The summed E-state index contributed by atoms with van der Waals surface area (Å²) >= 11 is 0. The summed E-state index contributed by atoms with van der Waals surface area (Å²) in [4.78, 5) is 27.6. The van der Waals surface area contributed by atoms with E-state index in [1.807, 2.05) is 18.2 Å². The van der Waals surface area contributed by atoms with Crippen LogP contribution >= 0.6 is 0 Å². The van der Waals surface area contributed by atoms with Crippen molar-refractivity contribution in [3.63, 3.8) is 0 Å². The van der Waals surface area contributed by atoms with Gasteiger partial charge in [0.2, 0.25) is 0 Å². The van der Waals surface area contributed by atoms with Crippen molar-refractivity contribution < 1.29 is 18.7 Å². The summed E-state index contributed by atoms with van der Waals surface area (Å²) in [5.74, 6) is 1.99. The van der Waals surface area contributed by atoms with Gasteiger partial charge in [0.15, 0.2) is 23.4 Å². The summed E-state index contributed by atoms with van der Waals surface area (Å²) in [6.45, 7) is 3.20. The number of nitrogens with two attached hydrogens (primary N) is 1. The highest BCUT2D eigenvalue weighted by Gasteiger charge is 2.42. The molecule has 2 N–H and O–H groups in total. The van der Waals surface area contributed by atoms with E-state index in [9.17, 15) is 9.59 Å². The summed E-state index contributed by atoms with van der Waals surface area (Å²) < 4.78 is 17.1. The van der Waals surface area contributed by atoms with Gasteiger partial charge in [0.1, 0.15) is 12.2 Å². The van der Waals surface area contributed by atoms with E-state index in [2.05, 4.69) is 0 Å². The van der Waals surface area contributed by atoms with E-state index in [-0.39, 0.29) is 24.1 Å². The highest BCUT2D eigenvalue weighted by atomic mass is 16.6. The molecule has 3 heterocycles. The molecule has 2 fully saturated rings. The average Bonchev–Trinajstić information content (AvgIpc) is 2.92. The fraction of sp³-hybridized carbons (Fsp3) is 0.455. The lowest BCUT2D eigenvalue weighted by atomic mass is 9.92. The second-order valence-corrected chi connectivity index (χ2v) is 8.24. The normalized spacial score (nSPS) is 27.7. The van der Waals surface area contributed by atoms with E-state index in [0.29, 0.717) is 47.7 Å². The number of likely N-dealkylation sites (tertiary alicyclic amines) is 1. The minimum absolute atomic E-state index is 0.0979. The zero-order chi connectivity index (χ0) is 20.1. The lowest BCUT2D eigenvalue weighted by molar-refractivity contribution is 0.0619. The van der Waals surface area contributed by atoms with Crippen molar-refractivity contribution in [2.75, 3.05) is 19.7 Å². The van der Waals surface area contributed by atoms with Gasteiger partial charge >= 0.3 is 5.63 Å². The average molecular weight is 396 g/mol. The first-order chi connectivity index (χ1) is 14.0. The Balaban J connectivity index is 1.39. The van der Waals surface area contributed by atoms with Crippen LogP contribution in [-0.2, 0) is 0 Å². The zero-order valence-electron chi connectivity index (χ0n) is 16.3. The molecule has 2 unspecified atom stereocenters. The van der Waals surface area contributed by atoms with Crippen molar-refractivity contribution in [2.45, 2.75) is 31.9 Å². The largest absolute Gasteiger partial charge is 0.485 e. The molecule has 2 aliphatic heterocycles. The quantitative estimate of drug-likeness (QED) is 0.837. The number of rotatable bonds is 2. The summed E-state index contributed by atoms with van der Waals surface area (Å²) in [5.41, 5.74) is 6.29. The molecule has 1 saturated heterocycles. The SMILES string of the molecule is Cc1cc(C2COc3ccccc3O2)oc(=O)c1C(=O)N1C[C@H]2CC[C@@H](C1)C2N. The van der Waals surface area contributed by atoms with E-state index in [1.165, 1.54) is 0 Å². The smallest absolute Gasteiger partial charge is 0.349 e. The third-order valence-electron chi connectivity index (χ3n) is 6.40. The summed E-state index contributed by atoms with van der Waals surface area (Å²) in [7, 11) is 0. The van der Waals surface area contributed by atoms with Gasteiger partial charge in [0, 0.05) is 19.1 Å². The van der Waals surface area contributed by atoms with Crippen molar-refractivity contribution >= 4 is 5.91 Å². The second kappa shape index (κ2) is 6.91. The van der Waals surface area contributed by atoms with Crippen LogP contribution < -0.4 is 20.8 Å². The third kappa shape index (κ3) is 3.09. The van der Waals surface area contributed by atoms with Gasteiger partial charge in [-0.15, -0.1) is 0 Å². The number of ether oxygens (including phenoxy) is 2. The van der Waals surface area contributed by atoms with Crippen molar-refractivity contribution in [3.8, 4) is 11.5 Å². The Morgan fingerprint density at radius 3 is 2.52 bits per heavy atom. The molecule has 1 aromatic heterocycles. The van der Waals surface area contributed by atoms with Crippen LogP contribution in [0.15, 0.2) is 39.5 Å². The summed E-state index contributed by atoms with van der Waals surface area (Å²) in [5, 5.41) is 0. The lowest BCUT2D eigenvalue weighted by Gasteiger charge is -2.36. The number of para-hydroxylation sites is 2. The maximum absolute atomic E-state index is 13.1. The predicted molar refractivity (Wildman–Crippen MR) is 105 cm³/mol. The van der Waals surface area contributed by atoms with Crippen molar-refractivity contribution in [1.29, 1.82) is 0 Å². The van der Waals surface area contributed by atoms with Gasteiger partial charge in [-0.2, -0.15) is 0 Å². The van der Waals surface area contributed by atoms with Crippen LogP contribution in [0, 0.1) is 18.8 Å². The van der Waals surface area contributed by atoms with Crippen molar-refractivity contribution in [1.82, 2.24) is 4.90 Å². The third-order valence-corrected chi connectivity index (χ3v) is 6.40. The summed E-state index contributed by atoms with van der Waals surface area (Å²) in [6.07, 6.45) is 1.55. The molecule has 3 aliphatic rings. The van der Waals surface area contributed by atoms with Crippen LogP contribution in [0.1, 0.15) is 40.6 Å². The monoisotopic (exact) mass is 396 g/mol. The molecule has 29 heavy (non-hydrogen) atoms. The first-order valence-corrected chi connectivity index (χ1v) is 10.1. The molecule has 7 nitrogen and oxygen atoms in total. The van der Waals surface area contributed by atoms with Crippen molar-refractivity contribution in [3.05, 3.63) is 57.6 Å². The molecular formula is C22H24N2O5. The molecule has 1 amide bonds. The van der Waals surface area contributed by atoms with E-state index in [0.717, 1.165) is 12.8 Å².